The summed E-state index contributed by atoms with van der Waals surface area (Å²) in [5.74, 6) is -0.571. The van der Waals surface area contributed by atoms with Crippen molar-refractivity contribution in [3.63, 3.8) is 0 Å². The second kappa shape index (κ2) is 6.65. The van der Waals surface area contributed by atoms with E-state index in [9.17, 15) is 9.59 Å². The Morgan fingerprint density at radius 1 is 1.55 bits per heavy atom. The Bertz CT molecular complexity index is 555. The average molecular weight is 294 g/mol. The number of nitrogens with one attached hydrogen (secondary N) is 1. The van der Waals surface area contributed by atoms with Crippen molar-refractivity contribution in [2.24, 2.45) is 5.92 Å². The van der Waals surface area contributed by atoms with Gasteiger partial charge in [0, 0.05) is 19.3 Å². The van der Waals surface area contributed by atoms with E-state index in [-0.39, 0.29) is 17.8 Å². The van der Waals surface area contributed by atoms with E-state index in [2.05, 4.69) is 4.98 Å². The molecule has 1 aromatic heterocycles. The number of piperidine rings is 1. The van der Waals surface area contributed by atoms with Gasteiger partial charge >= 0.3 is 5.97 Å². The second-order valence-corrected chi connectivity index (χ2v) is 5.16. The quantitative estimate of drug-likeness (QED) is 0.685. The third kappa shape index (κ3) is 3.25. The van der Waals surface area contributed by atoms with Gasteiger partial charge in [-0.25, -0.2) is 0 Å². The van der Waals surface area contributed by atoms with Crippen LogP contribution in [-0.4, -0.2) is 41.5 Å². The number of H-pyrrole nitrogens is 1. The highest BCUT2D eigenvalue weighted by Crippen LogP contribution is 2.20. The predicted molar refractivity (Wildman–Crippen MR) is 76.9 cm³/mol. The molecule has 0 bridgehead atoms. The number of carbonyl (C=O) groups is 2. The van der Waals surface area contributed by atoms with Crippen LogP contribution in [0.1, 0.15) is 30.1 Å². The molecule has 2 heterocycles. The number of esters is 1. The Kier molecular flexibility index (Phi) is 4.89. The summed E-state index contributed by atoms with van der Waals surface area (Å²) in [6.45, 7) is 3.21. The fourth-order valence-corrected chi connectivity index (χ4v) is 2.60. The number of amides is 1. The van der Waals surface area contributed by atoms with Gasteiger partial charge in [0.05, 0.1) is 18.1 Å². The molecule has 1 atom stereocenters. The van der Waals surface area contributed by atoms with Crippen LogP contribution >= 0.6 is 12.2 Å². The molecule has 108 valence electrons. The van der Waals surface area contributed by atoms with Gasteiger partial charge in [0.25, 0.3) is 5.91 Å². The molecule has 1 aromatic rings. The molecule has 1 aliphatic heterocycles. The first-order valence-electron chi connectivity index (χ1n) is 6.77. The standard InChI is InChI=1S/C14H18N2O3S/c1-2-19-14(18)10-5-4-8-16(9-10)13(17)11-6-3-7-15-12(11)20/h3,6-7,10H,2,4-5,8-9H2,1H3,(H,15,20). The Balaban J connectivity index is 2.09. The summed E-state index contributed by atoms with van der Waals surface area (Å²) in [4.78, 5) is 28.8. The highest BCUT2D eigenvalue weighted by Gasteiger charge is 2.30. The zero-order chi connectivity index (χ0) is 14.5. The van der Waals surface area contributed by atoms with Gasteiger partial charge in [0.1, 0.15) is 4.64 Å². The van der Waals surface area contributed by atoms with Crippen LogP contribution in [0.2, 0.25) is 0 Å². The zero-order valence-corrected chi connectivity index (χ0v) is 12.2. The van der Waals surface area contributed by atoms with Crippen LogP contribution in [0.25, 0.3) is 0 Å². The summed E-state index contributed by atoms with van der Waals surface area (Å²) in [6.07, 6.45) is 3.26. The lowest BCUT2D eigenvalue weighted by molar-refractivity contribution is -0.149. The number of hydrogen-bond donors (Lipinski definition) is 1. The lowest BCUT2D eigenvalue weighted by Crippen LogP contribution is -2.43. The summed E-state index contributed by atoms with van der Waals surface area (Å²) in [6, 6.07) is 3.45. The topological polar surface area (TPSA) is 62.4 Å². The third-order valence-corrected chi connectivity index (χ3v) is 3.71. The van der Waals surface area contributed by atoms with Gasteiger partial charge in [0.2, 0.25) is 0 Å². The van der Waals surface area contributed by atoms with Crippen LogP contribution in [0.5, 0.6) is 0 Å². The normalized spacial score (nSPS) is 18.6. The van der Waals surface area contributed by atoms with Gasteiger partial charge in [0.15, 0.2) is 0 Å². The number of aromatic nitrogens is 1. The number of carbonyl (C=O) groups excluding carboxylic acids is 2. The minimum atomic E-state index is -0.228. The van der Waals surface area contributed by atoms with E-state index >= 15 is 0 Å². The number of pyridine rings is 1. The molecule has 20 heavy (non-hydrogen) atoms. The Hall–Kier alpha value is -1.69. The molecule has 6 heteroatoms. The van der Waals surface area contributed by atoms with Crippen molar-refractivity contribution >= 4 is 24.1 Å². The first-order valence-corrected chi connectivity index (χ1v) is 7.18. The van der Waals surface area contributed by atoms with E-state index < -0.39 is 0 Å². The van der Waals surface area contributed by atoms with Crippen LogP contribution in [0.15, 0.2) is 18.3 Å². The summed E-state index contributed by atoms with van der Waals surface area (Å²) in [7, 11) is 0. The maximum Gasteiger partial charge on any atom is 0.310 e. The molecule has 1 aliphatic rings. The second-order valence-electron chi connectivity index (χ2n) is 4.76. The Morgan fingerprint density at radius 3 is 3.05 bits per heavy atom. The fraction of sp³-hybridized carbons (Fsp3) is 0.500. The van der Waals surface area contributed by atoms with Crippen molar-refractivity contribution in [1.29, 1.82) is 0 Å². The summed E-state index contributed by atoms with van der Waals surface area (Å²) in [5, 5.41) is 0. The lowest BCUT2D eigenvalue weighted by Gasteiger charge is -2.31. The average Bonchev–Trinajstić information content (AvgIpc) is 2.47. The molecule has 1 N–H and O–H groups in total. The molecule has 1 amide bonds. The minimum Gasteiger partial charge on any atom is -0.466 e. The van der Waals surface area contributed by atoms with Crippen LogP contribution in [0.4, 0.5) is 0 Å². The van der Waals surface area contributed by atoms with E-state index in [0.717, 1.165) is 12.8 Å². The molecule has 0 spiro atoms. The molecule has 5 nitrogen and oxygen atoms in total. The number of aromatic amines is 1. The van der Waals surface area contributed by atoms with Crippen LogP contribution in [0.3, 0.4) is 0 Å². The SMILES string of the molecule is CCOC(=O)C1CCCN(C(=O)c2ccc[nH]c2=S)C1. The third-order valence-electron chi connectivity index (χ3n) is 3.38. The van der Waals surface area contributed by atoms with Gasteiger partial charge in [-0.05, 0) is 31.9 Å². The molecule has 1 saturated heterocycles. The van der Waals surface area contributed by atoms with Crippen molar-refractivity contribution < 1.29 is 14.3 Å². The summed E-state index contributed by atoms with van der Waals surface area (Å²) < 4.78 is 5.46. The van der Waals surface area contributed by atoms with Crippen LogP contribution < -0.4 is 0 Å². The van der Waals surface area contributed by atoms with Gasteiger partial charge in [-0.3, -0.25) is 9.59 Å². The Labute approximate surface area is 122 Å². The summed E-state index contributed by atoms with van der Waals surface area (Å²) in [5.41, 5.74) is 0.479. The maximum atomic E-state index is 12.4. The summed E-state index contributed by atoms with van der Waals surface area (Å²) >= 11 is 5.13. The fourth-order valence-electron chi connectivity index (χ4n) is 2.37. The van der Waals surface area contributed by atoms with E-state index in [1.807, 2.05) is 0 Å². The smallest absolute Gasteiger partial charge is 0.310 e. The number of rotatable bonds is 3. The monoisotopic (exact) mass is 294 g/mol. The van der Waals surface area contributed by atoms with E-state index in [1.54, 1.807) is 30.2 Å². The van der Waals surface area contributed by atoms with E-state index in [4.69, 9.17) is 17.0 Å². The first kappa shape index (κ1) is 14.7. The van der Waals surface area contributed by atoms with Crippen molar-refractivity contribution in [2.75, 3.05) is 19.7 Å². The molecule has 0 saturated carbocycles. The number of nitrogens with zero attached hydrogens (tertiary/aromatic N) is 1. The highest BCUT2D eigenvalue weighted by atomic mass is 32.1. The number of likely N-dealkylation sites (tertiary alicyclic amines) is 1. The van der Waals surface area contributed by atoms with Gasteiger partial charge in [-0.1, -0.05) is 12.2 Å². The predicted octanol–water partition coefficient (Wildman–Crippen LogP) is 2.16. The zero-order valence-electron chi connectivity index (χ0n) is 11.4. The molecule has 2 rings (SSSR count). The molecule has 0 aliphatic carbocycles. The number of hydrogen-bond acceptors (Lipinski definition) is 4. The van der Waals surface area contributed by atoms with Crippen LogP contribution in [0, 0.1) is 10.6 Å². The van der Waals surface area contributed by atoms with Crippen molar-refractivity contribution in [3.05, 3.63) is 28.5 Å². The van der Waals surface area contributed by atoms with Crippen molar-refractivity contribution in [1.82, 2.24) is 9.88 Å². The Morgan fingerprint density at radius 2 is 2.35 bits per heavy atom. The van der Waals surface area contributed by atoms with Crippen molar-refractivity contribution in [2.45, 2.75) is 19.8 Å². The molecule has 0 radical (unpaired) electrons. The highest BCUT2D eigenvalue weighted by molar-refractivity contribution is 7.71. The van der Waals surface area contributed by atoms with Crippen LogP contribution in [-0.2, 0) is 9.53 Å². The first-order chi connectivity index (χ1) is 9.63. The van der Waals surface area contributed by atoms with E-state index in [1.165, 1.54) is 0 Å². The largest absolute Gasteiger partial charge is 0.466 e. The lowest BCUT2D eigenvalue weighted by atomic mass is 9.97. The maximum absolute atomic E-state index is 12.4. The van der Waals surface area contributed by atoms with Gasteiger partial charge < -0.3 is 14.6 Å². The van der Waals surface area contributed by atoms with Gasteiger partial charge in [-0.2, -0.15) is 0 Å². The molecular formula is C14H18N2O3S. The van der Waals surface area contributed by atoms with Crippen molar-refractivity contribution in [3.8, 4) is 0 Å². The minimum absolute atomic E-state index is 0.124. The van der Waals surface area contributed by atoms with E-state index in [0.29, 0.717) is 29.9 Å². The molecule has 1 fully saturated rings. The number of ether oxygens (including phenoxy) is 1. The molecular weight excluding hydrogens is 276 g/mol. The molecule has 1 unspecified atom stereocenters. The molecule has 0 aromatic carbocycles. The van der Waals surface area contributed by atoms with Gasteiger partial charge in [-0.15, -0.1) is 0 Å².